The van der Waals surface area contributed by atoms with Gasteiger partial charge in [-0.05, 0) is 37.3 Å². The summed E-state index contributed by atoms with van der Waals surface area (Å²) in [7, 11) is 1.40. The molecule has 1 unspecified atom stereocenters. The van der Waals surface area contributed by atoms with Gasteiger partial charge in [0.25, 0.3) is 5.69 Å². The minimum absolute atomic E-state index is 0.0899. The monoisotopic (exact) mass is 278 g/mol. The van der Waals surface area contributed by atoms with Crippen LogP contribution in [0.5, 0.6) is 0 Å². The lowest BCUT2D eigenvalue weighted by atomic mass is 10.1. The van der Waals surface area contributed by atoms with Gasteiger partial charge in [0.1, 0.15) is 6.04 Å². The van der Waals surface area contributed by atoms with Crippen LogP contribution < -0.4 is 5.32 Å². The molecular formula is C14H18N2O4. The summed E-state index contributed by atoms with van der Waals surface area (Å²) >= 11 is 0. The minimum atomic E-state index is -0.414. The predicted octanol–water partition coefficient (Wildman–Crippen LogP) is 1.68. The van der Waals surface area contributed by atoms with Gasteiger partial charge < -0.3 is 10.1 Å². The summed E-state index contributed by atoms with van der Waals surface area (Å²) in [4.78, 5) is 21.7. The van der Waals surface area contributed by atoms with Crippen LogP contribution in [-0.2, 0) is 16.0 Å². The summed E-state index contributed by atoms with van der Waals surface area (Å²) < 4.78 is 4.78. The first-order chi connectivity index (χ1) is 9.61. The molecular weight excluding hydrogens is 260 g/mol. The van der Waals surface area contributed by atoms with Gasteiger partial charge in [0, 0.05) is 12.1 Å². The Labute approximate surface area is 117 Å². The molecule has 2 rings (SSSR count). The van der Waals surface area contributed by atoms with Crippen LogP contribution in [-0.4, -0.2) is 30.6 Å². The number of esters is 1. The summed E-state index contributed by atoms with van der Waals surface area (Å²) in [5.41, 5.74) is 1.09. The van der Waals surface area contributed by atoms with Crippen molar-refractivity contribution in [3.63, 3.8) is 0 Å². The lowest BCUT2D eigenvalue weighted by Crippen LogP contribution is -2.40. The molecule has 1 saturated carbocycles. The van der Waals surface area contributed by atoms with E-state index in [2.05, 4.69) is 5.32 Å². The molecule has 1 aliphatic rings. The van der Waals surface area contributed by atoms with E-state index in [-0.39, 0.29) is 17.7 Å². The molecule has 6 heteroatoms. The van der Waals surface area contributed by atoms with Crippen molar-refractivity contribution < 1.29 is 14.5 Å². The molecule has 0 spiro atoms. The van der Waals surface area contributed by atoms with E-state index >= 15 is 0 Å². The number of nitrogens with one attached hydrogen (secondary N) is 1. The van der Waals surface area contributed by atoms with E-state index in [4.69, 9.17) is 4.74 Å². The van der Waals surface area contributed by atoms with Crippen molar-refractivity contribution in [1.29, 1.82) is 0 Å². The highest BCUT2D eigenvalue weighted by Gasteiger charge is 2.36. The largest absolute Gasteiger partial charge is 0.468 e. The number of hydrogen-bond donors (Lipinski definition) is 1. The number of benzene rings is 1. The van der Waals surface area contributed by atoms with Crippen LogP contribution in [0.25, 0.3) is 0 Å². The second kappa shape index (κ2) is 6.47. The molecule has 0 saturated heterocycles. The smallest absolute Gasteiger partial charge is 0.323 e. The van der Waals surface area contributed by atoms with Crippen LogP contribution in [0.1, 0.15) is 18.4 Å². The Morgan fingerprint density at radius 2 is 2.10 bits per heavy atom. The molecule has 1 aromatic carbocycles. The van der Waals surface area contributed by atoms with E-state index in [0.717, 1.165) is 24.8 Å². The van der Waals surface area contributed by atoms with Crippen LogP contribution in [0.2, 0.25) is 0 Å². The molecule has 1 fully saturated rings. The third-order valence-electron chi connectivity index (χ3n) is 3.47. The molecule has 0 amide bonds. The van der Waals surface area contributed by atoms with Gasteiger partial charge in [-0.1, -0.05) is 12.1 Å². The molecule has 0 aliphatic heterocycles. The lowest BCUT2D eigenvalue weighted by Gasteiger charge is -2.15. The zero-order chi connectivity index (χ0) is 14.5. The SMILES string of the molecule is COC(=O)C(NCCc1ccc([N+](=O)[O-])cc1)C1CC1. The lowest BCUT2D eigenvalue weighted by molar-refractivity contribution is -0.384. The van der Waals surface area contributed by atoms with Crippen molar-refractivity contribution in [3.8, 4) is 0 Å². The van der Waals surface area contributed by atoms with Crippen molar-refractivity contribution in [2.24, 2.45) is 5.92 Å². The second-order valence-electron chi connectivity index (χ2n) is 4.97. The van der Waals surface area contributed by atoms with E-state index < -0.39 is 4.92 Å². The quantitative estimate of drug-likeness (QED) is 0.466. The number of ether oxygens (including phenoxy) is 1. The van der Waals surface area contributed by atoms with Gasteiger partial charge in [-0.3, -0.25) is 14.9 Å². The number of nitro benzene ring substituents is 1. The molecule has 20 heavy (non-hydrogen) atoms. The summed E-state index contributed by atoms with van der Waals surface area (Å²) in [6.07, 6.45) is 2.84. The molecule has 1 aliphatic carbocycles. The number of carbonyl (C=O) groups excluding carboxylic acids is 1. The number of methoxy groups -OCH3 is 1. The fraction of sp³-hybridized carbons (Fsp3) is 0.500. The number of rotatable bonds is 7. The third-order valence-corrected chi connectivity index (χ3v) is 3.47. The molecule has 1 aromatic rings. The standard InChI is InChI=1S/C14H18N2O4/c1-20-14(17)13(11-4-5-11)15-9-8-10-2-6-12(7-3-10)16(18)19/h2-3,6-7,11,13,15H,4-5,8-9H2,1H3. The van der Waals surface area contributed by atoms with E-state index in [1.807, 2.05) is 0 Å². The Bertz CT molecular complexity index is 482. The fourth-order valence-corrected chi connectivity index (χ4v) is 2.16. The number of nitro groups is 1. The van der Waals surface area contributed by atoms with Gasteiger partial charge in [0.2, 0.25) is 0 Å². The molecule has 1 atom stereocenters. The van der Waals surface area contributed by atoms with Gasteiger partial charge in [-0.15, -0.1) is 0 Å². The molecule has 0 heterocycles. The van der Waals surface area contributed by atoms with Gasteiger partial charge in [0.15, 0.2) is 0 Å². The van der Waals surface area contributed by atoms with E-state index in [1.54, 1.807) is 12.1 Å². The van der Waals surface area contributed by atoms with E-state index in [1.165, 1.54) is 19.2 Å². The highest BCUT2D eigenvalue weighted by molar-refractivity contribution is 5.76. The normalized spacial score (nSPS) is 15.7. The molecule has 0 aromatic heterocycles. The van der Waals surface area contributed by atoms with Crippen molar-refractivity contribution in [1.82, 2.24) is 5.32 Å². The maximum atomic E-state index is 11.6. The first-order valence-corrected chi connectivity index (χ1v) is 6.66. The van der Waals surface area contributed by atoms with Gasteiger partial charge in [-0.25, -0.2) is 0 Å². The van der Waals surface area contributed by atoms with Crippen molar-refractivity contribution in [2.45, 2.75) is 25.3 Å². The second-order valence-corrected chi connectivity index (χ2v) is 4.97. The fourth-order valence-electron chi connectivity index (χ4n) is 2.16. The van der Waals surface area contributed by atoms with Crippen molar-refractivity contribution in [3.05, 3.63) is 39.9 Å². The first-order valence-electron chi connectivity index (χ1n) is 6.66. The number of non-ortho nitro benzene ring substituents is 1. The van der Waals surface area contributed by atoms with Crippen LogP contribution in [0.4, 0.5) is 5.69 Å². The molecule has 108 valence electrons. The van der Waals surface area contributed by atoms with E-state index in [0.29, 0.717) is 12.5 Å². The van der Waals surface area contributed by atoms with Gasteiger partial charge in [0.05, 0.1) is 12.0 Å². The molecule has 6 nitrogen and oxygen atoms in total. The maximum absolute atomic E-state index is 11.6. The summed E-state index contributed by atoms with van der Waals surface area (Å²) in [5.74, 6) is 0.176. The Kier molecular flexibility index (Phi) is 4.68. The Morgan fingerprint density at radius 3 is 2.60 bits per heavy atom. The minimum Gasteiger partial charge on any atom is -0.468 e. The molecule has 1 N–H and O–H groups in total. The first kappa shape index (κ1) is 14.5. The predicted molar refractivity (Wildman–Crippen MR) is 73.3 cm³/mol. The van der Waals surface area contributed by atoms with Crippen molar-refractivity contribution in [2.75, 3.05) is 13.7 Å². The average Bonchev–Trinajstić information content (AvgIpc) is 3.28. The summed E-state index contributed by atoms with van der Waals surface area (Å²) in [6, 6.07) is 6.24. The van der Waals surface area contributed by atoms with Crippen LogP contribution in [0, 0.1) is 16.0 Å². The summed E-state index contributed by atoms with van der Waals surface area (Å²) in [5, 5.41) is 13.8. The Hall–Kier alpha value is -1.95. The van der Waals surface area contributed by atoms with E-state index in [9.17, 15) is 14.9 Å². The zero-order valence-corrected chi connectivity index (χ0v) is 11.4. The highest BCUT2D eigenvalue weighted by Crippen LogP contribution is 2.33. The Morgan fingerprint density at radius 1 is 1.45 bits per heavy atom. The molecule has 0 radical (unpaired) electrons. The van der Waals surface area contributed by atoms with Crippen LogP contribution >= 0.6 is 0 Å². The molecule has 0 bridgehead atoms. The topological polar surface area (TPSA) is 81.5 Å². The van der Waals surface area contributed by atoms with Crippen LogP contribution in [0.15, 0.2) is 24.3 Å². The number of carbonyl (C=O) groups is 1. The number of hydrogen-bond acceptors (Lipinski definition) is 5. The average molecular weight is 278 g/mol. The van der Waals surface area contributed by atoms with Crippen LogP contribution in [0.3, 0.4) is 0 Å². The Balaban J connectivity index is 1.82. The highest BCUT2D eigenvalue weighted by atomic mass is 16.6. The zero-order valence-electron chi connectivity index (χ0n) is 11.4. The van der Waals surface area contributed by atoms with Crippen molar-refractivity contribution >= 4 is 11.7 Å². The summed E-state index contributed by atoms with van der Waals surface area (Å²) in [6.45, 7) is 0.647. The third kappa shape index (κ3) is 3.77. The maximum Gasteiger partial charge on any atom is 0.323 e. The number of nitrogens with zero attached hydrogens (tertiary/aromatic N) is 1. The van der Waals surface area contributed by atoms with Gasteiger partial charge in [-0.2, -0.15) is 0 Å². The van der Waals surface area contributed by atoms with Gasteiger partial charge >= 0.3 is 5.97 Å².